The van der Waals surface area contributed by atoms with Crippen molar-refractivity contribution in [1.29, 1.82) is 0 Å². The minimum absolute atomic E-state index is 0.150. The van der Waals surface area contributed by atoms with E-state index in [1.54, 1.807) is 6.07 Å². The smallest absolute Gasteiger partial charge is 0.417 e. The fourth-order valence-corrected chi connectivity index (χ4v) is 2.20. The molecule has 0 bridgehead atoms. The third-order valence-corrected chi connectivity index (χ3v) is 3.49. The summed E-state index contributed by atoms with van der Waals surface area (Å²) in [5.74, 6) is -2.19. The van der Waals surface area contributed by atoms with Crippen LogP contribution in [0.3, 0.4) is 0 Å². The minimum atomic E-state index is -4.67. The number of halogens is 5. The SMILES string of the molecule is O=C(COC(=O)/C=C/c1cccc(F)c1)Nc1ccc(Cl)c(C(F)(F)F)c1. The van der Waals surface area contributed by atoms with E-state index in [4.69, 9.17) is 11.6 Å². The molecule has 0 aliphatic rings. The fraction of sp³-hybridized carbons (Fsp3) is 0.111. The van der Waals surface area contributed by atoms with Gasteiger partial charge in [-0.1, -0.05) is 23.7 Å². The molecule has 142 valence electrons. The van der Waals surface area contributed by atoms with Crippen LogP contribution in [0.25, 0.3) is 6.08 Å². The summed E-state index contributed by atoms with van der Waals surface area (Å²) in [6.07, 6.45) is -2.39. The highest BCUT2D eigenvalue weighted by Gasteiger charge is 2.33. The molecule has 0 radical (unpaired) electrons. The number of rotatable bonds is 5. The maximum atomic E-state index is 13.0. The second-order valence-electron chi connectivity index (χ2n) is 5.24. The van der Waals surface area contributed by atoms with Gasteiger partial charge in [-0.25, -0.2) is 9.18 Å². The van der Waals surface area contributed by atoms with E-state index in [2.05, 4.69) is 10.1 Å². The predicted octanol–water partition coefficient (Wildman–Crippen LogP) is 4.69. The summed E-state index contributed by atoms with van der Waals surface area (Å²) in [5, 5.41) is 1.66. The molecule has 1 amide bonds. The number of benzene rings is 2. The molecule has 27 heavy (non-hydrogen) atoms. The molecule has 2 aromatic rings. The van der Waals surface area contributed by atoms with E-state index >= 15 is 0 Å². The number of esters is 1. The zero-order chi connectivity index (χ0) is 20.0. The summed E-state index contributed by atoms with van der Waals surface area (Å²) in [6.45, 7) is -0.712. The molecule has 0 saturated carbocycles. The number of carbonyl (C=O) groups excluding carboxylic acids is 2. The Kier molecular flexibility index (Phi) is 6.57. The maximum absolute atomic E-state index is 13.0. The Balaban J connectivity index is 1.90. The maximum Gasteiger partial charge on any atom is 0.417 e. The molecule has 0 aromatic heterocycles. The Morgan fingerprint density at radius 2 is 1.89 bits per heavy atom. The molecule has 4 nitrogen and oxygen atoms in total. The van der Waals surface area contributed by atoms with Gasteiger partial charge in [0, 0.05) is 11.8 Å². The molecule has 0 saturated heterocycles. The van der Waals surface area contributed by atoms with Gasteiger partial charge in [0.2, 0.25) is 0 Å². The molecule has 2 rings (SSSR count). The first-order chi connectivity index (χ1) is 12.6. The third-order valence-electron chi connectivity index (χ3n) is 3.16. The van der Waals surface area contributed by atoms with Crippen molar-refractivity contribution in [3.8, 4) is 0 Å². The van der Waals surface area contributed by atoms with Gasteiger partial charge in [-0.15, -0.1) is 0 Å². The van der Waals surface area contributed by atoms with E-state index in [0.29, 0.717) is 11.6 Å². The van der Waals surface area contributed by atoms with Crippen molar-refractivity contribution in [3.63, 3.8) is 0 Å². The van der Waals surface area contributed by atoms with Gasteiger partial charge < -0.3 is 10.1 Å². The molecule has 0 aliphatic carbocycles. The topological polar surface area (TPSA) is 55.4 Å². The van der Waals surface area contributed by atoms with E-state index in [0.717, 1.165) is 12.1 Å². The average molecular weight is 402 g/mol. The van der Waals surface area contributed by atoms with Crippen molar-refractivity contribution in [2.45, 2.75) is 6.18 Å². The first-order valence-corrected chi connectivity index (χ1v) is 7.80. The number of amides is 1. The summed E-state index contributed by atoms with van der Waals surface area (Å²) in [6, 6.07) is 8.28. The lowest BCUT2D eigenvalue weighted by atomic mass is 10.2. The van der Waals surface area contributed by atoms with Gasteiger partial charge in [0.05, 0.1) is 10.6 Å². The number of hydrogen-bond acceptors (Lipinski definition) is 3. The summed E-state index contributed by atoms with van der Waals surface area (Å²) >= 11 is 5.48. The van der Waals surface area contributed by atoms with Crippen LogP contribution in [0.15, 0.2) is 48.5 Å². The first-order valence-electron chi connectivity index (χ1n) is 7.42. The van der Waals surface area contributed by atoms with E-state index < -0.39 is 41.1 Å². The van der Waals surface area contributed by atoms with Crippen LogP contribution in [0.1, 0.15) is 11.1 Å². The molecule has 1 N–H and O–H groups in total. The van der Waals surface area contributed by atoms with Gasteiger partial charge in [0.25, 0.3) is 5.91 Å². The van der Waals surface area contributed by atoms with Crippen LogP contribution in [-0.4, -0.2) is 18.5 Å². The Bertz CT molecular complexity index is 881. The van der Waals surface area contributed by atoms with E-state index in [-0.39, 0.29) is 5.69 Å². The highest BCUT2D eigenvalue weighted by Crippen LogP contribution is 2.36. The van der Waals surface area contributed by atoms with Crippen LogP contribution in [0.2, 0.25) is 5.02 Å². The normalized spacial score (nSPS) is 11.4. The second kappa shape index (κ2) is 8.68. The van der Waals surface area contributed by atoms with E-state index in [1.807, 2.05) is 0 Å². The predicted molar refractivity (Wildman–Crippen MR) is 91.5 cm³/mol. The van der Waals surface area contributed by atoms with Crippen molar-refractivity contribution < 1.29 is 31.9 Å². The van der Waals surface area contributed by atoms with Crippen LogP contribution < -0.4 is 5.32 Å². The van der Waals surface area contributed by atoms with Crippen LogP contribution in [0.5, 0.6) is 0 Å². The largest absolute Gasteiger partial charge is 0.452 e. The molecule has 2 aromatic carbocycles. The number of anilines is 1. The summed E-state index contributed by atoms with van der Waals surface area (Å²) < 4.78 is 56.0. The Morgan fingerprint density at radius 1 is 1.15 bits per heavy atom. The number of nitrogens with one attached hydrogen (secondary N) is 1. The van der Waals surface area contributed by atoms with Crippen molar-refractivity contribution in [2.75, 3.05) is 11.9 Å². The molecule has 0 aliphatic heterocycles. The lowest BCUT2D eigenvalue weighted by Gasteiger charge is -2.11. The van der Waals surface area contributed by atoms with Crippen molar-refractivity contribution >= 4 is 35.2 Å². The van der Waals surface area contributed by atoms with E-state index in [9.17, 15) is 27.2 Å². The molecule has 0 unspecified atom stereocenters. The Labute approximate surface area is 156 Å². The molecular weight excluding hydrogens is 390 g/mol. The van der Waals surface area contributed by atoms with Crippen molar-refractivity contribution in [3.05, 3.63) is 70.5 Å². The first kappa shape index (κ1) is 20.4. The average Bonchev–Trinajstić information content (AvgIpc) is 2.59. The van der Waals surface area contributed by atoms with Crippen molar-refractivity contribution in [1.82, 2.24) is 0 Å². The number of hydrogen-bond donors (Lipinski definition) is 1. The molecule has 9 heteroatoms. The summed E-state index contributed by atoms with van der Waals surface area (Å²) in [4.78, 5) is 23.2. The molecule has 0 fully saturated rings. The van der Waals surface area contributed by atoms with Crippen molar-refractivity contribution in [2.24, 2.45) is 0 Å². The minimum Gasteiger partial charge on any atom is -0.452 e. The molecule has 0 spiro atoms. The Hall–Kier alpha value is -2.87. The highest BCUT2D eigenvalue weighted by molar-refractivity contribution is 6.31. The van der Waals surface area contributed by atoms with E-state index in [1.165, 1.54) is 30.3 Å². The lowest BCUT2D eigenvalue weighted by Crippen LogP contribution is -2.20. The van der Waals surface area contributed by atoms with Gasteiger partial charge in [0.1, 0.15) is 5.82 Å². The number of ether oxygens (including phenoxy) is 1. The van der Waals surface area contributed by atoms with Gasteiger partial charge in [-0.3, -0.25) is 4.79 Å². The number of carbonyl (C=O) groups is 2. The highest BCUT2D eigenvalue weighted by atomic mass is 35.5. The second-order valence-corrected chi connectivity index (χ2v) is 5.64. The molecule has 0 heterocycles. The summed E-state index contributed by atoms with van der Waals surface area (Å²) in [7, 11) is 0. The lowest BCUT2D eigenvalue weighted by molar-refractivity contribution is -0.142. The zero-order valence-corrected chi connectivity index (χ0v) is 14.3. The zero-order valence-electron chi connectivity index (χ0n) is 13.5. The summed E-state index contributed by atoms with van der Waals surface area (Å²) in [5.41, 5.74) is -0.836. The number of alkyl halides is 3. The van der Waals surface area contributed by atoms with Crippen LogP contribution in [0.4, 0.5) is 23.2 Å². The van der Waals surface area contributed by atoms with Gasteiger partial charge in [0.15, 0.2) is 6.61 Å². The monoisotopic (exact) mass is 401 g/mol. The molecule has 0 atom stereocenters. The standard InChI is InChI=1S/C18H12ClF4NO3/c19-15-6-5-13(9-14(15)18(21,22)23)24-16(25)10-27-17(26)7-4-11-2-1-3-12(20)8-11/h1-9H,10H2,(H,24,25)/b7-4+. The van der Waals surface area contributed by atoms with Gasteiger partial charge in [-0.05, 0) is 42.0 Å². The van der Waals surface area contributed by atoms with Crippen LogP contribution in [0, 0.1) is 5.82 Å². The van der Waals surface area contributed by atoms with Crippen LogP contribution in [-0.2, 0) is 20.5 Å². The Morgan fingerprint density at radius 3 is 2.56 bits per heavy atom. The van der Waals surface area contributed by atoms with Crippen LogP contribution >= 0.6 is 11.6 Å². The quantitative estimate of drug-likeness (QED) is 0.449. The fourth-order valence-electron chi connectivity index (χ4n) is 1.98. The van der Waals surface area contributed by atoms with Gasteiger partial charge in [-0.2, -0.15) is 13.2 Å². The molecular formula is C18H12ClF4NO3. The third kappa shape index (κ3) is 6.41. The van der Waals surface area contributed by atoms with Gasteiger partial charge >= 0.3 is 12.1 Å².